The first kappa shape index (κ1) is 12.0. The van der Waals surface area contributed by atoms with E-state index in [1.54, 1.807) is 36.8 Å². The molecule has 0 saturated carbocycles. The van der Waals surface area contributed by atoms with Gasteiger partial charge in [-0.3, -0.25) is 14.8 Å². The van der Waals surface area contributed by atoms with E-state index >= 15 is 0 Å². The molecule has 6 heteroatoms. The molecule has 0 atom stereocenters. The Hall–Kier alpha value is -3.02. The van der Waals surface area contributed by atoms with Crippen molar-refractivity contribution >= 4 is 23.1 Å². The van der Waals surface area contributed by atoms with E-state index in [0.29, 0.717) is 16.9 Å². The lowest BCUT2D eigenvalue weighted by molar-refractivity contribution is 1.12. The Balaban J connectivity index is 1.85. The molecule has 3 rings (SSSR count). The van der Waals surface area contributed by atoms with Crippen LogP contribution in [0.2, 0.25) is 0 Å². The zero-order valence-electron chi connectivity index (χ0n) is 10.4. The average Bonchev–Trinajstić information content (AvgIpc) is 2.48. The Labute approximate surface area is 114 Å². The fraction of sp³-hybridized carbons (Fsp3) is 0. The maximum Gasteiger partial charge on any atom is 0.260 e. The Morgan fingerprint density at radius 2 is 1.95 bits per heavy atom. The SMILES string of the molecule is O=c1[nH]c(N/N=C/c2ccncc2)nc2ccccc12. The lowest BCUT2D eigenvalue weighted by atomic mass is 10.2. The highest BCUT2D eigenvalue weighted by molar-refractivity contribution is 5.80. The standard InChI is InChI=1S/C14H11N5O/c20-13-11-3-1-2-4-12(11)17-14(18-13)19-16-9-10-5-7-15-8-6-10/h1-9H,(H2,17,18,19,20)/b16-9+. The average molecular weight is 265 g/mol. The Kier molecular flexibility index (Phi) is 3.20. The number of para-hydroxylation sites is 1. The molecular weight excluding hydrogens is 254 g/mol. The first-order valence-electron chi connectivity index (χ1n) is 6.01. The van der Waals surface area contributed by atoms with Gasteiger partial charge in [-0.15, -0.1) is 0 Å². The minimum atomic E-state index is -0.197. The van der Waals surface area contributed by atoms with Gasteiger partial charge in [0.05, 0.1) is 17.1 Å². The third kappa shape index (κ3) is 2.54. The largest absolute Gasteiger partial charge is 0.291 e. The number of H-pyrrole nitrogens is 1. The fourth-order valence-corrected chi connectivity index (χ4v) is 1.76. The van der Waals surface area contributed by atoms with Crippen LogP contribution in [-0.2, 0) is 0 Å². The normalized spacial score (nSPS) is 11.0. The number of aromatic amines is 1. The third-order valence-electron chi connectivity index (χ3n) is 2.70. The van der Waals surface area contributed by atoms with Crippen molar-refractivity contribution in [1.82, 2.24) is 15.0 Å². The molecule has 0 fully saturated rings. The highest BCUT2D eigenvalue weighted by Gasteiger charge is 2.01. The molecule has 0 unspecified atom stereocenters. The molecule has 0 amide bonds. The number of hydrazone groups is 1. The summed E-state index contributed by atoms with van der Waals surface area (Å²) >= 11 is 0. The molecule has 2 N–H and O–H groups in total. The van der Waals surface area contributed by atoms with Crippen molar-refractivity contribution in [2.75, 3.05) is 5.43 Å². The highest BCUT2D eigenvalue weighted by Crippen LogP contribution is 2.07. The van der Waals surface area contributed by atoms with Crippen molar-refractivity contribution in [3.63, 3.8) is 0 Å². The van der Waals surface area contributed by atoms with Crippen molar-refractivity contribution in [2.24, 2.45) is 5.10 Å². The van der Waals surface area contributed by atoms with Crippen LogP contribution >= 0.6 is 0 Å². The van der Waals surface area contributed by atoms with E-state index in [1.165, 1.54) is 0 Å². The molecule has 20 heavy (non-hydrogen) atoms. The van der Waals surface area contributed by atoms with Gasteiger partial charge >= 0.3 is 0 Å². The molecule has 3 aromatic rings. The Morgan fingerprint density at radius 3 is 2.80 bits per heavy atom. The minimum Gasteiger partial charge on any atom is -0.291 e. The van der Waals surface area contributed by atoms with Gasteiger partial charge in [-0.2, -0.15) is 5.10 Å². The summed E-state index contributed by atoms with van der Waals surface area (Å²) in [5.74, 6) is 0.305. The number of rotatable bonds is 3. The first-order valence-corrected chi connectivity index (χ1v) is 6.01. The van der Waals surface area contributed by atoms with Crippen molar-refractivity contribution in [1.29, 1.82) is 0 Å². The smallest absolute Gasteiger partial charge is 0.260 e. The van der Waals surface area contributed by atoms with Gasteiger partial charge in [0.1, 0.15) is 0 Å². The number of nitrogens with zero attached hydrogens (tertiary/aromatic N) is 3. The predicted octanol–water partition coefficient (Wildman–Crippen LogP) is 1.76. The van der Waals surface area contributed by atoms with Crippen LogP contribution in [0.15, 0.2) is 58.7 Å². The van der Waals surface area contributed by atoms with Crippen molar-refractivity contribution in [3.05, 3.63) is 64.7 Å². The summed E-state index contributed by atoms with van der Waals surface area (Å²) in [5.41, 5.74) is 4.03. The summed E-state index contributed by atoms with van der Waals surface area (Å²) in [5, 5.41) is 4.58. The Morgan fingerprint density at radius 1 is 1.15 bits per heavy atom. The maximum atomic E-state index is 11.8. The van der Waals surface area contributed by atoms with Crippen LogP contribution < -0.4 is 11.0 Å². The highest BCUT2D eigenvalue weighted by atomic mass is 16.1. The summed E-state index contributed by atoms with van der Waals surface area (Å²) in [4.78, 5) is 22.7. The third-order valence-corrected chi connectivity index (χ3v) is 2.70. The van der Waals surface area contributed by atoms with E-state index in [0.717, 1.165) is 5.56 Å². The van der Waals surface area contributed by atoms with Crippen LogP contribution in [0.1, 0.15) is 5.56 Å². The molecule has 0 aliphatic heterocycles. The lowest BCUT2D eigenvalue weighted by Crippen LogP contribution is -2.10. The van der Waals surface area contributed by atoms with Crippen LogP contribution in [0.5, 0.6) is 0 Å². The molecule has 0 aliphatic rings. The zero-order valence-corrected chi connectivity index (χ0v) is 10.4. The number of nitrogens with one attached hydrogen (secondary N) is 2. The quantitative estimate of drug-likeness (QED) is 0.558. The van der Waals surface area contributed by atoms with Gasteiger partial charge in [-0.1, -0.05) is 12.1 Å². The number of aromatic nitrogens is 3. The van der Waals surface area contributed by atoms with Gasteiger partial charge in [-0.05, 0) is 29.8 Å². The molecule has 0 aliphatic carbocycles. The van der Waals surface area contributed by atoms with E-state index < -0.39 is 0 Å². The van der Waals surface area contributed by atoms with E-state index in [-0.39, 0.29) is 5.56 Å². The molecular formula is C14H11N5O. The molecule has 6 nitrogen and oxygen atoms in total. The van der Waals surface area contributed by atoms with E-state index in [9.17, 15) is 4.79 Å². The molecule has 0 spiro atoms. The van der Waals surface area contributed by atoms with Crippen LogP contribution in [0.3, 0.4) is 0 Å². The number of benzene rings is 1. The molecule has 0 bridgehead atoms. The van der Waals surface area contributed by atoms with Crippen LogP contribution in [0.25, 0.3) is 10.9 Å². The van der Waals surface area contributed by atoms with Crippen molar-refractivity contribution in [2.45, 2.75) is 0 Å². The van der Waals surface area contributed by atoms with E-state index in [2.05, 4.69) is 25.5 Å². The lowest BCUT2D eigenvalue weighted by Gasteiger charge is -2.01. The monoisotopic (exact) mass is 265 g/mol. The molecule has 1 aromatic carbocycles. The Bertz CT molecular complexity index is 810. The zero-order chi connectivity index (χ0) is 13.8. The van der Waals surface area contributed by atoms with Gasteiger partial charge < -0.3 is 0 Å². The van der Waals surface area contributed by atoms with Gasteiger partial charge in [0.15, 0.2) is 0 Å². The number of anilines is 1. The van der Waals surface area contributed by atoms with Crippen LogP contribution in [0.4, 0.5) is 5.95 Å². The molecule has 98 valence electrons. The molecule has 2 heterocycles. The summed E-state index contributed by atoms with van der Waals surface area (Å²) in [7, 11) is 0. The topological polar surface area (TPSA) is 83.0 Å². The summed E-state index contributed by atoms with van der Waals surface area (Å²) in [6.45, 7) is 0. The summed E-state index contributed by atoms with van der Waals surface area (Å²) < 4.78 is 0. The minimum absolute atomic E-state index is 0.197. The number of fused-ring (bicyclic) bond motifs is 1. The second kappa shape index (κ2) is 5.31. The maximum absolute atomic E-state index is 11.8. The van der Waals surface area contributed by atoms with E-state index in [4.69, 9.17) is 0 Å². The van der Waals surface area contributed by atoms with Gasteiger partial charge in [-0.25, -0.2) is 10.4 Å². The summed E-state index contributed by atoms with van der Waals surface area (Å²) in [6, 6.07) is 10.8. The van der Waals surface area contributed by atoms with Crippen LogP contribution in [0, 0.1) is 0 Å². The van der Waals surface area contributed by atoms with Crippen molar-refractivity contribution in [3.8, 4) is 0 Å². The van der Waals surface area contributed by atoms with Crippen LogP contribution in [-0.4, -0.2) is 21.2 Å². The molecule has 2 aromatic heterocycles. The predicted molar refractivity (Wildman–Crippen MR) is 77.8 cm³/mol. The van der Waals surface area contributed by atoms with Gasteiger partial charge in [0.2, 0.25) is 5.95 Å². The second-order valence-corrected chi connectivity index (χ2v) is 4.08. The number of hydrogen-bond donors (Lipinski definition) is 2. The molecule has 0 radical (unpaired) electrons. The first-order chi connectivity index (χ1) is 9.83. The van der Waals surface area contributed by atoms with E-state index in [1.807, 2.05) is 18.2 Å². The van der Waals surface area contributed by atoms with Gasteiger partial charge in [0.25, 0.3) is 5.56 Å². The fourth-order valence-electron chi connectivity index (χ4n) is 1.76. The number of hydrogen-bond acceptors (Lipinski definition) is 5. The second-order valence-electron chi connectivity index (χ2n) is 4.08. The molecule has 0 saturated heterocycles. The van der Waals surface area contributed by atoms with Gasteiger partial charge in [0, 0.05) is 12.4 Å². The summed E-state index contributed by atoms with van der Waals surface area (Å²) in [6.07, 6.45) is 4.98. The number of pyridine rings is 1. The van der Waals surface area contributed by atoms with Crippen molar-refractivity contribution < 1.29 is 0 Å².